The lowest BCUT2D eigenvalue weighted by Gasteiger charge is -2.28. The third-order valence-electron chi connectivity index (χ3n) is 4.00. The van der Waals surface area contributed by atoms with E-state index in [4.69, 9.17) is 5.73 Å². The Labute approximate surface area is 131 Å². The maximum Gasteiger partial charge on any atom is 0.240 e. The fourth-order valence-corrected chi connectivity index (χ4v) is 4.81. The zero-order chi connectivity index (χ0) is 15.5. The normalized spacial score (nSPS) is 24.7. The Balaban J connectivity index is 2.07. The van der Waals surface area contributed by atoms with Crippen LogP contribution in [0.5, 0.6) is 0 Å². The van der Waals surface area contributed by atoms with Gasteiger partial charge in [-0.2, -0.15) is 11.8 Å². The second kappa shape index (κ2) is 7.13. The summed E-state index contributed by atoms with van der Waals surface area (Å²) in [7, 11) is -3.43. The molecule has 0 heterocycles. The quantitative estimate of drug-likeness (QED) is 0.871. The van der Waals surface area contributed by atoms with Crippen LogP contribution in [-0.2, 0) is 10.0 Å². The minimum Gasteiger partial charge on any atom is -0.324 e. The van der Waals surface area contributed by atoms with E-state index in [1.807, 2.05) is 18.7 Å². The molecule has 0 amide bonds. The highest BCUT2D eigenvalue weighted by molar-refractivity contribution is 7.99. The van der Waals surface area contributed by atoms with E-state index in [1.165, 1.54) is 6.42 Å². The molecule has 6 heteroatoms. The Kier molecular flexibility index (Phi) is 5.71. The van der Waals surface area contributed by atoms with Gasteiger partial charge in [-0.05, 0) is 50.1 Å². The Morgan fingerprint density at radius 2 is 1.95 bits per heavy atom. The molecule has 0 aromatic heterocycles. The van der Waals surface area contributed by atoms with Crippen LogP contribution in [0.3, 0.4) is 0 Å². The Bertz CT molecular complexity index is 556. The van der Waals surface area contributed by atoms with Gasteiger partial charge in [-0.15, -0.1) is 0 Å². The largest absolute Gasteiger partial charge is 0.324 e. The van der Waals surface area contributed by atoms with E-state index >= 15 is 0 Å². The van der Waals surface area contributed by atoms with Crippen molar-refractivity contribution in [3.8, 4) is 0 Å². The molecule has 3 N–H and O–H groups in total. The summed E-state index contributed by atoms with van der Waals surface area (Å²) < 4.78 is 27.7. The number of hydrogen-bond donors (Lipinski definition) is 2. The summed E-state index contributed by atoms with van der Waals surface area (Å²) in [4.78, 5) is 0.318. The fraction of sp³-hybridized carbons (Fsp3) is 0.600. The van der Waals surface area contributed by atoms with E-state index in [9.17, 15) is 8.42 Å². The van der Waals surface area contributed by atoms with Crippen molar-refractivity contribution in [2.24, 2.45) is 5.73 Å². The van der Waals surface area contributed by atoms with E-state index < -0.39 is 10.0 Å². The van der Waals surface area contributed by atoms with Crippen molar-refractivity contribution in [2.45, 2.75) is 54.8 Å². The third-order valence-corrected chi connectivity index (χ3v) is 6.63. The average molecular weight is 329 g/mol. The summed E-state index contributed by atoms with van der Waals surface area (Å²) in [5.74, 6) is 0. The minimum atomic E-state index is -3.43. The van der Waals surface area contributed by atoms with Crippen LogP contribution in [-0.4, -0.2) is 26.0 Å². The van der Waals surface area contributed by atoms with E-state index in [2.05, 4.69) is 11.0 Å². The van der Waals surface area contributed by atoms with Crippen LogP contribution < -0.4 is 10.5 Å². The molecule has 21 heavy (non-hydrogen) atoms. The molecule has 4 nitrogen and oxygen atoms in total. The van der Waals surface area contributed by atoms with Crippen LogP contribution in [0.2, 0.25) is 0 Å². The highest BCUT2D eigenvalue weighted by Crippen LogP contribution is 2.28. The number of benzene rings is 1. The predicted octanol–water partition coefficient (Wildman–Crippen LogP) is 2.66. The van der Waals surface area contributed by atoms with Crippen LogP contribution in [0.15, 0.2) is 29.2 Å². The first-order valence-electron chi connectivity index (χ1n) is 7.33. The monoisotopic (exact) mass is 328 g/mol. The van der Waals surface area contributed by atoms with Gasteiger partial charge in [-0.1, -0.05) is 18.6 Å². The van der Waals surface area contributed by atoms with Crippen LogP contribution >= 0.6 is 11.8 Å². The van der Waals surface area contributed by atoms with Gasteiger partial charge >= 0.3 is 0 Å². The van der Waals surface area contributed by atoms with Crippen LogP contribution in [0.1, 0.15) is 44.2 Å². The van der Waals surface area contributed by atoms with Crippen molar-refractivity contribution in [3.63, 3.8) is 0 Å². The van der Waals surface area contributed by atoms with Gasteiger partial charge in [-0.25, -0.2) is 13.1 Å². The van der Waals surface area contributed by atoms with Crippen molar-refractivity contribution in [1.82, 2.24) is 4.72 Å². The lowest BCUT2D eigenvalue weighted by molar-refractivity contribution is 0.421. The zero-order valence-electron chi connectivity index (χ0n) is 12.6. The van der Waals surface area contributed by atoms with Crippen LogP contribution in [0.25, 0.3) is 0 Å². The lowest BCUT2D eigenvalue weighted by Crippen LogP contribution is -2.39. The van der Waals surface area contributed by atoms with Crippen molar-refractivity contribution in [3.05, 3.63) is 29.8 Å². The molecule has 3 unspecified atom stereocenters. The Hall–Kier alpha value is -0.560. The van der Waals surface area contributed by atoms with Gasteiger partial charge in [0, 0.05) is 17.3 Å². The molecule has 0 spiro atoms. The molecule has 0 saturated heterocycles. The number of sulfonamides is 1. The molecule has 0 radical (unpaired) electrons. The zero-order valence-corrected chi connectivity index (χ0v) is 14.2. The molecule has 1 aromatic carbocycles. The maximum atomic E-state index is 12.4. The molecular weight excluding hydrogens is 304 g/mol. The van der Waals surface area contributed by atoms with Crippen molar-refractivity contribution >= 4 is 21.8 Å². The summed E-state index contributed by atoms with van der Waals surface area (Å²) in [6, 6.07) is 6.80. The molecular formula is C15H24N2O2S2. The number of nitrogens with one attached hydrogen (secondary N) is 1. The topological polar surface area (TPSA) is 72.2 Å². The third kappa shape index (κ3) is 4.45. The molecule has 0 bridgehead atoms. The maximum absolute atomic E-state index is 12.4. The molecule has 1 aromatic rings. The van der Waals surface area contributed by atoms with E-state index in [0.717, 1.165) is 24.8 Å². The minimum absolute atomic E-state index is 0.0503. The van der Waals surface area contributed by atoms with Gasteiger partial charge in [0.2, 0.25) is 10.0 Å². The van der Waals surface area contributed by atoms with E-state index in [1.54, 1.807) is 24.3 Å². The first kappa shape index (κ1) is 16.8. The molecule has 118 valence electrons. The molecule has 1 saturated carbocycles. The van der Waals surface area contributed by atoms with Gasteiger partial charge < -0.3 is 5.73 Å². The van der Waals surface area contributed by atoms with Gasteiger partial charge in [-0.3, -0.25) is 0 Å². The smallest absolute Gasteiger partial charge is 0.240 e. The van der Waals surface area contributed by atoms with Gasteiger partial charge in [0.1, 0.15) is 0 Å². The molecule has 1 aliphatic carbocycles. The second-order valence-electron chi connectivity index (χ2n) is 5.70. The fourth-order valence-electron chi connectivity index (χ4n) is 2.70. The Morgan fingerprint density at radius 3 is 2.52 bits per heavy atom. The first-order valence-corrected chi connectivity index (χ1v) is 10.1. The molecule has 3 atom stereocenters. The molecule has 0 aliphatic heterocycles. The lowest BCUT2D eigenvalue weighted by atomic mass is 9.96. The number of hydrogen-bond acceptors (Lipinski definition) is 4. The summed E-state index contributed by atoms with van der Waals surface area (Å²) in [5.41, 5.74) is 6.72. The standard InChI is InChI=1S/C15H24N2O2S2/c1-11(16)12-6-8-15(9-7-12)21(18,19)17-13-4-3-5-14(10-13)20-2/h6-9,11,13-14,17H,3-5,10,16H2,1-2H3. The molecule has 1 aliphatic rings. The SMILES string of the molecule is CSC1CCCC(NS(=O)(=O)c2ccc(C(C)N)cc2)C1. The number of thioether (sulfide) groups is 1. The first-order chi connectivity index (χ1) is 9.92. The number of nitrogens with two attached hydrogens (primary N) is 1. The van der Waals surface area contributed by atoms with Crippen molar-refractivity contribution in [2.75, 3.05) is 6.26 Å². The molecule has 1 fully saturated rings. The highest BCUT2D eigenvalue weighted by atomic mass is 32.2. The summed E-state index contributed by atoms with van der Waals surface area (Å²) >= 11 is 1.83. The molecule has 2 rings (SSSR count). The summed E-state index contributed by atoms with van der Waals surface area (Å²) in [5, 5.41) is 0.562. The Morgan fingerprint density at radius 1 is 1.29 bits per heavy atom. The number of rotatable bonds is 5. The van der Waals surface area contributed by atoms with E-state index in [-0.39, 0.29) is 12.1 Å². The summed E-state index contributed by atoms with van der Waals surface area (Å²) in [6.45, 7) is 1.88. The van der Waals surface area contributed by atoms with E-state index in [0.29, 0.717) is 10.1 Å². The van der Waals surface area contributed by atoms with Gasteiger partial charge in [0.15, 0.2) is 0 Å². The highest BCUT2D eigenvalue weighted by Gasteiger charge is 2.26. The van der Waals surface area contributed by atoms with Gasteiger partial charge in [0.05, 0.1) is 4.90 Å². The van der Waals surface area contributed by atoms with Crippen LogP contribution in [0.4, 0.5) is 0 Å². The predicted molar refractivity (Wildman–Crippen MR) is 88.9 cm³/mol. The summed E-state index contributed by atoms with van der Waals surface area (Å²) in [6.07, 6.45) is 6.20. The van der Waals surface area contributed by atoms with Crippen molar-refractivity contribution < 1.29 is 8.42 Å². The van der Waals surface area contributed by atoms with Crippen LogP contribution in [0, 0.1) is 0 Å². The van der Waals surface area contributed by atoms with Crippen molar-refractivity contribution in [1.29, 1.82) is 0 Å². The second-order valence-corrected chi connectivity index (χ2v) is 8.55. The van der Waals surface area contributed by atoms with Gasteiger partial charge in [0.25, 0.3) is 0 Å². The average Bonchev–Trinajstić information content (AvgIpc) is 2.47.